The summed E-state index contributed by atoms with van der Waals surface area (Å²) in [5, 5.41) is 12.2. The molecular formula is C17H15BrClFN6O. The second kappa shape index (κ2) is 8.36. The number of aromatic nitrogens is 3. The van der Waals surface area contributed by atoms with Crippen LogP contribution in [0.1, 0.15) is 17.0 Å². The molecule has 0 aliphatic rings. The van der Waals surface area contributed by atoms with Crippen molar-refractivity contribution in [1.29, 1.82) is 0 Å². The Morgan fingerprint density at radius 2 is 2.07 bits per heavy atom. The van der Waals surface area contributed by atoms with E-state index in [1.165, 1.54) is 23.0 Å². The standard InChI is InChI=1S/C17H15BrClFN6O/c1-10-23-25-17(26(10)21)24-22-8-12-6-13(18)7-15(19)16(12)27-9-11-2-4-14(20)5-3-11/h2-8H,9,21H2,1H3,(H,24,25)/b22-8+. The van der Waals surface area contributed by atoms with E-state index < -0.39 is 0 Å². The van der Waals surface area contributed by atoms with Gasteiger partial charge in [-0.05, 0) is 36.8 Å². The molecule has 0 amide bonds. The number of nitrogen functional groups attached to an aromatic ring is 1. The summed E-state index contributed by atoms with van der Waals surface area (Å²) in [6.45, 7) is 1.95. The fourth-order valence-corrected chi connectivity index (χ4v) is 3.06. The Bertz CT molecular complexity index is 976. The smallest absolute Gasteiger partial charge is 0.263 e. The summed E-state index contributed by atoms with van der Waals surface area (Å²) >= 11 is 9.70. The maximum atomic E-state index is 13.0. The predicted molar refractivity (Wildman–Crippen MR) is 106 cm³/mol. The molecule has 0 saturated carbocycles. The summed E-state index contributed by atoms with van der Waals surface area (Å²) < 4.78 is 20.9. The van der Waals surface area contributed by atoms with Crippen molar-refractivity contribution < 1.29 is 9.13 Å². The first-order valence-corrected chi connectivity index (χ1v) is 8.93. The number of hydrogen-bond donors (Lipinski definition) is 2. The highest BCUT2D eigenvalue weighted by atomic mass is 79.9. The quantitative estimate of drug-likeness (QED) is 0.336. The van der Waals surface area contributed by atoms with Gasteiger partial charge in [0, 0.05) is 10.0 Å². The summed E-state index contributed by atoms with van der Waals surface area (Å²) in [5.41, 5.74) is 4.14. The Labute approximate surface area is 168 Å². The van der Waals surface area contributed by atoms with E-state index in [0.717, 1.165) is 10.0 Å². The molecule has 0 aliphatic heterocycles. The van der Waals surface area contributed by atoms with Crippen LogP contribution < -0.4 is 16.0 Å². The van der Waals surface area contributed by atoms with Gasteiger partial charge in [0.2, 0.25) is 0 Å². The lowest BCUT2D eigenvalue weighted by Gasteiger charge is -2.12. The Hall–Kier alpha value is -2.65. The van der Waals surface area contributed by atoms with Crippen molar-refractivity contribution in [3.05, 3.63) is 68.7 Å². The highest BCUT2D eigenvalue weighted by Gasteiger charge is 2.10. The second-order valence-electron chi connectivity index (χ2n) is 5.53. The van der Waals surface area contributed by atoms with E-state index in [0.29, 0.717) is 28.1 Å². The number of anilines is 1. The molecule has 2 aromatic carbocycles. The van der Waals surface area contributed by atoms with Crippen LogP contribution in [0.5, 0.6) is 5.75 Å². The van der Waals surface area contributed by atoms with Gasteiger partial charge >= 0.3 is 0 Å². The summed E-state index contributed by atoms with van der Waals surface area (Å²) in [4.78, 5) is 0. The number of rotatable bonds is 6. The van der Waals surface area contributed by atoms with Crippen LogP contribution in [0.4, 0.5) is 10.3 Å². The van der Waals surface area contributed by atoms with Gasteiger partial charge in [-0.1, -0.05) is 39.7 Å². The van der Waals surface area contributed by atoms with Gasteiger partial charge < -0.3 is 10.6 Å². The average molecular weight is 454 g/mol. The molecule has 3 N–H and O–H groups in total. The molecule has 27 heavy (non-hydrogen) atoms. The molecule has 0 atom stereocenters. The molecule has 3 aromatic rings. The maximum absolute atomic E-state index is 13.0. The van der Waals surface area contributed by atoms with E-state index in [1.54, 1.807) is 31.2 Å². The fourth-order valence-electron chi connectivity index (χ4n) is 2.17. The van der Waals surface area contributed by atoms with E-state index in [1.807, 2.05) is 0 Å². The van der Waals surface area contributed by atoms with Crippen molar-refractivity contribution in [3.63, 3.8) is 0 Å². The number of aryl methyl sites for hydroxylation is 1. The van der Waals surface area contributed by atoms with Gasteiger partial charge in [0.1, 0.15) is 18.2 Å². The summed E-state index contributed by atoms with van der Waals surface area (Å²) in [5.74, 6) is 6.73. The van der Waals surface area contributed by atoms with Crippen molar-refractivity contribution in [3.8, 4) is 5.75 Å². The van der Waals surface area contributed by atoms with Gasteiger partial charge in [-0.15, -0.1) is 10.2 Å². The molecular weight excluding hydrogens is 439 g/mol. The zero-order chi connectivity index (χ0) is 19.4. The molecule has 140 valence electrons. The molecule has 0 bridgehead atoms. The number of halogens is 3. The van der Waals surface area contributed by atoms with Crippen LogP contribution in [0.25, 0.3) is 0 Å². The topological polar surface area (TPSA) is 90.4 Å². The van der Waals surface area contributed by atoms with E-state index >= 15 is 0 Å². The third kappa shape index (κ3) is 4.75. The average Bonchev–Trinajstić information content (AvgIpc) is 2.94. The number of nitrogens with one attached hydrogen (secondary N) is 1. The Balaban J connectivity index is 1.78. The third-order valence-electron chi connectivity index (χ3n) is 3.57. The normalized spacial score (nSPS) is 11.1. The van der Waals surface area contributed by atoms with Crippen LogP contribution in [0, 0.1) is 12.7 Å². The van der Waals surface area contributed by atoms with E-state index in [-0.39, 0.29) is 12.4 Å². The number of hydrogen-bond acceptors (Lipinski definition) is 6. The third-order valence-corrected chi connectivity index (χ3v) is 4.31. The maximum Gasteiger partial charge on any atom is 0.263 e. The van der Waals surface area contributed by atoms with Crippen molar-refractivity contribution >= 4 is 39.7 Å². The lowest BCUT2D eigenvalue weighted by molar-refractivity contribution is 0.306. The molecule has 0 unspecified atom stereocenters. The number of hydrazone groups is 1. The van der Waals surface area contributed by atoms with Crippen LogP contribution in [-0.2, 0) is 6.61 Å². The highest BCUT2D eigenvalue weighted by molar-refractivity contribution is 9.10. The van der Waals surface area contributed by atoms with Crippen molar-refractivity contribution in [1.82, 2.24) is 14.9 Å². The monoisotopic (exact) mass is 452 g/mol. The Kier molecular flexibility index (Phi) is 5.92. The number of ether oxygens (including phenoxy) is 1. The van der Waals surface area contributed by atoms with Gasteiger partial charge in [-0.2, -0.15) is 5.10 Å². The van der Waals surface area contributed by atoms with Crippen LogP contribution in [0.15, 0.2) is 46.0 Å². The minimum absolute atomic E-state index is 0.228. The lowest BCUT2D eigenvalue weighted by Crippen LogP contribution is -2.13. The van der Waals surface area contributed by atoms with Crippen molar-refractivity contribution in [2.45, 2.75) is 13.5 Å². The first kappa shape index (κ1) is 19.1. The summed E-state index contributed by atoms with van der Waals surface area (Å²) in [6, 6.07) is 9.56. The van der Waals surface area contributed by atoms with Gasteiger partial charge in [0.25, 0.3) is 5.95 Å². The molecule has 1 heterocycles. The van der Waals surface area contributed by atoms with Crippen LogP contribution in [0.3, 0.4) is 0 Å². The van der Waals surface area contributed by atoms with Crippen molar-refractivity contribution in [2.75, 3.05) is 11.3 Å². The fraction of sp³-hybridized carbons (Fsp3) is 0.118. The number of nitrogens with two attached hydrogens (primary N) is 1. The molecule has 0 fully saturated rings. The van der Waals surface area contributed by atoms with E-state index in [4.69, 9.17) is 22.2 Å². The second-order valence-corrected chi connectivity index (χ2v) is 6.85. The van der Waals surface area contributed by atoms with Gasteiger partial charge in [0.05, 0.1) is 11.2 Å². The van der Waals surface area contributed by atoms with Crippen LogP contribution >= 0.6 is 27.5 Å². The SMILES string of the molecule is Cc1nnc(N/N=C/c2cc(Br)cc(Cl)c2OCc2ccc(F)cc2)n1N. The van der Waals surface area contributed by atoms with Crippen LogP contribution in [-0.4, -0.2) is 21.1 Å². The molecule has 10 heteroatoms. The van der Waals surface area contributed by atoms with Crippen LogP contribution in [0.2, 0.25) is 5.02 Å². The predicted octanol–water partition coefficient (Wildman–Crippen LogP) is 3.88. The lowest BCUT2D eigenvalue weighted by atomic mass is 10.2. The molecule has 0 saturated heterocycles. The van der Waals surface area contributed by atoms with Gasteiger partial charge in [-0.3, -0.25) is 0 Å². The van der Waals surface area contributed by atoms with Gasteiger partial charge in [0.15, 0.2) is 5.82 Å². The Morgan fingerprint density at radius 3 is 2.74 bits per heavy atom. The van der Waals surface area contributed by atoms with E-state index in [9.17, 15) is 4.39 Å². The summed E-state index contributed by atoms with van der Waals surface area (Å²) in [7, 11) is 0. The molecule has 7 nitrogen and oxygen atoms in total. The zero-order valence-corrected chi connectivity index (χ0v) is 16.5. The van der Waals surface area contributed by atoms with Gasteiger partial charge in [-0.25, -0.2) is 14.5 Å². The highest BCUT2D eigenvalue weighted by Crippen LogP contribution is 2.32. The minimum Gasteiger partial charge on any atom is -0.487 e. The van der Waals surface area contributed by atoms with Crippen molar-refractivity contribution in [2.24, 2.45) is 5.10 Å². The molecule has 0 aliphatic carbocycles. The van der Waals surface area contributed by atoms with E-state index in [2.05, 4.69) is 36.7 Å². The number of nitrogens with zero attached hydrogens (tertiary/aromatic N) is 4. The number of benzene rings is 2. The molecule has 0 spiro atoms. The minimum atomic E-state index is -0.303. The first-order valence-electron chi connectivity index (χ1n) is 7.76. The zero-order valence-electron chi connectivity index (χ0n) is 14.2. The largest absolute Gasteiger partial charge is 0.487 e. The molecule has 0 radical (unpaired) electrons. The summed E-state index contributed by atoms with van der Waals surface area (Å²) in [6.07, 6.45) is 1.53. The molecule has 1 aromatic heterocycles. The molecule has 3 rings (SSSR count). The first-order chi connectivity index (χ1) is 12.9. The Morgan fingerprint density at radius 1 is 1.33 bits per heavy atom.